The van der Waals surface area contributed by atoms with Crippen LogP contribution in [0.15, 0.2) is 54.9 Å². The molecule has 10 heteroatoms. The van der Waals surface area contributed by atoms with Crippen molar-refractivity contribution in [2.24, 2.45) is 0 Å². The highest BCUT2D eigenvalue weighted by Crippen LogP contribution is 2.34. The van der Waals surface area contributed by atoms with Crippen LogP contribution >= 0.6 is 34.2 Å². The van der Waals surface area contributed by atoms with Crippen molar-refractivity contribution in [1.82, 2.24) is 24.6 Å². The number of pyridine rings is 2. The highest BCUT2D eigenvalue weighted by Gasteiger charge is 2.29. The number of hydrogen-bond donors (Lipinski definition) is 1. The van der Waals surface area contributed by atoms with E-state index in [2.05, 4.69) is 25.4 Å². The van der Waals surface area contributed by atoms with E-state index in [9.17, 15) is 8.78 Å². The molecular weight excluding hydrogens is 489 g/mol. The summed E-state index contributed by atoms with van der Waals surface area (Å²) < 4.78 is 25.7. The zero-order valence-corrected chi connectivity index (χ0v) is 16.4. The minimum Gasteiger partial charge on any atom is -0.338 e. The van der Waals surface area contributed by atoms with Crippen molar-refractivity contribution in [3.8, 4) is 11.5 Å². The number of fused-ring (bicyclic) bond motifs is 1. The lowest BCUT2D eigenvalue weighted by Gasteiger charge is -2.11. The lowest BCUT2D eigenvalue weighted by Crippen LogP contribution is -2.08. The van der Waals surface area contributed by atoms with Gasteiger partial charge in [0.05, 0.1) is 0 Å². The fourth-order valence-electron chi connectivity index (χ4n) is 2.47. The van der Waals surface area contributed by atoms with Gasteiger partial charge in [0.2, 0.25) is 5.82 Å². The smallest absolute Gasteiger partial charge is 0.337 e. The molecule has 0 bridgehead atoms. The van der Waals surface area contributed by atoms with Crippen LogP contribution in [0.2, 0.25) is 5.15 Å². The van der Waals surface area contributed by atoms with Gasteiger partial charge in [0.25, 0.3) is 0 Å². The number of nitrogens with one attached hydrogen (secondary N) is 1. The topological polar surface area (TPSA) is 68.0 Å². The molecule has 0 amide bonds. The fraction of sp³-hybridized carbons (Fsp3) is 0.0588. The van der Waals surface area contributed by atoms with E-state index in [1.54, 1.807) is 41.2 Å². The Morgan fingerprint density at radius 1 is 1.11 bits per heavy atom. The van der Waals surface area contributed by atoms with E-state index in [1.165, 1.54) is 12.1 Å². The summed E-state index contributed by atoms with van der Waals surface area (Å²) in [6.45, 7) is 0. The summed E-state index contributed by atoms with van der Waals surface area (Å²) in [5.41, 5.74) is 1.28. The van der Waals surface area contributed by atoms with Gasteiger partial charge in [-0.2, -0.15) is 8.78 Å². The summed E-state index contributed by atoms with van der Waals surface area (Å²) in [5, 5.41) is 7.85. The third kappa shape index (κ3) is 3.83. The van der Waals surface area contributed by atoms with Crippen molar-refractivity contribution in [3.05, 3.63) is 65.7 Å². The second-order valence-corrected chi connectivity index (χ2v) is 7.26. The van der Waals surface area contributed by atoms with Crippen LogP contribution in [-0.2, 0) is 3.93 Å². The molecule has 6 nitrogen and oxygen atoms in total. The van der Waals surface area contributed by atoms with E-state index in [4.69, 9.17) is 11.6 Å². The maximum Gasteiger partial charge on any atom is 0.337 e. The van der Waals surface area contributed by atoms with E-state index < -0.39 is 3.93 Å². The van der Waals surface area contributed by atoms with Crippen LogP contribution < -0.4 is 5.32 Å². The minimum absolute atomic E-state index is 0.212. The average molecular weight is 499 g/mol. The SMILES string of the molecule is FC(F)(I)c1cccc(-c2nc(Nc3ccnc(Cl)c3)c3cccn3n2)n1. The predicted molar refractivity (Wildman–Crippen MR) is 107 cm³/mol. The largest absolute Gasteiger partial charge is 0.338 e. The van der Waals surface area contributed by atoms with Gasteiger partial charge in [-0.15, -0.1) is 5.10 Å². The second-order valence-electron chi connectivity index (χ2n) is 5.52. The quantitative estimate of drug-likeness (QED) is 0.242. The molecule has 4 aromatic heterocycles. The Balaban J connectivity index is 1.81. The summed E-state index contributed by atoms with van der Waals surface area (Å²) in [4.78, 5) is 12.4. The van der Waals surface area contributed by atoms with Gasteiger partial charge >= 0.3 is 3.93 Å². The third-order valence-electron chi connectivity index (χ3n) is 3.65. The lowest BCUT2D eigenvalue weighted by atomic mass is 10.3. The van der Waals surface area contributed by atoms with E-state index in [0.717, 1.165) is 22.6 Å². The van der Waals surface area contributed by atoms with Gasteiger partial charge in [0, 0.05) is 40.7 Å². The molecule has 0 fully saturated rings. The van der Waals surface area contributed by atoms with E-state index in [0.29, 0.717) is 22.2 Å². The molecule has 0 atom stereocenters. The van der Waals surface area contributed by atoms with Gasteiger partial charge in [-0.05, 0) is 36.4 Å². The number of hydrogen-bond acceptors (Lipinski definition) is 5. The van der Waals surface area contributed by atoms with Gasteiger partial charge in [-0.1, -0.05) is 17.7 Å². The molecule has 4 heterocycles. The number of halogens is 4. The first-order valence-corrected chi connectivity index (χ1v) is 9.14. The number of rotatable bonds is 4. The molecule has 0 aliphatic heterocycles. The van der Waals surface area contributed by atoms with Crippen LogP contribution in [0, 0.1) is 0 Å². The van der Waals surface area contributed by atoms with Crippen LogP contribution in [0.4, 0.5) is 20.3 Å². The molecule has 0 aliphatic carbocycles. The summed E-state index contributed by atoms with van der Waals surface area (Å²) in [7, 11) is 0. The predicted octanol–water partition coefficient (Wildman–Crippen LogP) is 5.07. The highest BCUT2D eigenvalue weighted by atomic mass is 127. The maximum absolute atomic E-state index is 13.6. The van der Waals surface area contributed by atoms with Crippen molar-refractivity contribution < 1.29 is 8.78 Å². The zero-order chi connectivity index (χ0) is 19.0. The van der Waals surface area contributed by atoms with E-state index in [-0.39, 0.29) is 17.2 Å². The first kappa shape index (κ1) is 18.0. The normalized spacial score (nSPS) is 11.7. The fourth-order valence-corrected chi connectivity index (χ4v) is 2.94. The Labute approximate surface area is 170 Å². The molecule has 0 aliphatic rings. The number of anilines is 2. The first-order valence-electron chi connectivity index (χ1n) is 7.69. The molecule has 0 radical (unpaired) electrons. The van der Waals surface area contributed by atoms with Gasteiger partial charge in [0.15, 0.2) is 5.82 Å². The molecule has 0 aromatic carbocycles. The zero-order valence-electron chi connectivity index (χ0n) is 13.4. The summed E-state index contributed by atoms with van der Waals surface area (Å²) in [5.74, 6) is 0.699. The Kier molecular flexibility index (Phi) is 4.64. The van der Waals surface area contributed by atoms with Crippen molar-refractivity contribution >= 4 is 51.2 Å². The molecule has 136 valence electrons. The van der Waals surface area contributed by atoms with Crippen LogP contribution in [0.5, 0.6) is 0 Å². The molecule has 1 N–H and O–H groups in total. The van der Waals surface area contributed by atoms with Gasteiger partial charge in [-0.3, -0.25) is 0 Å². The highest BCUT2D eigenvalue weighted by molar-refractivity contribution is 14.1. The second kappa shape index (κ2) is 6.97. The Morgan fingerprint density at radius 2 is 1.96 bits per heavy atom. The van der Waals surface area contributed by atoms with E-state index in [1.807, 2.05) is 6.07 Å². The number of alkyl halides is 3. The van der Waals surface area contributed by atoms with Gasteiger partial charge in [-0.25, -0.2) is 19.5 Å². The Hall–Kier alpha value is -2.40. The van der Waals surface area contributed by atoms with Crippen molar-refractivity contribution in [2.75, 3.05) is 5.32 Å². The summed E-state index contributed by atoms with van der Waals surface area (Å²) in [6.07, 6.45) is 3.30. The van der Waals surface area contributed by atoms with Crippen molar-refractivity contribution in [3.63, 3.8) is 0 Å². The summed E-state index contributed by atoms with van der Waals surface area (Å²) >= 11 is 6.97. The van der Waals surface area contributed by atoms with Crippen LogP contribution in [-0.4, -0.2) is 24.6 Å². The van der Waals surface area contributed by atoms with Crippen molar-refractivity contribution in [1.29, 1.82) is 0 Å². The maximum atomic E-state index is 13.6. The molecule has 0 saturated heterocycles. The molecular formula is C17H10ClF2IN6. The monoisotopic (exact) mass is 498 g/mol. The molecule has 27 heavy (non-hydrogen) atoms. The molecule has 4 rings (SSSR count). The van der Waals surface area contributed by atoms with E-state index >= 15 is 0 Å². The minimum atomic E-state index is -3.08. The van der Waals surface area contributed by atoms with Crippen LogP contribution in [0.3, 0.4) is 0 Å². The molecule has 0 saturated carbocycles. The Bertz CT molecular complexity index is 1130. The molecule has 4 aromatic rings. The van der Waals surface area contributed by atoms with Crippen molar-refractivity contribution in [2.45, 2.75) is 3.93 Å². The lowest BCUT2D eigenvalue weighted by molar-refractivity contribution is 0.122. The van der Waals surface area contributed by atoms with Crippen LogP contribution in [0.1, 0.15) is 5.69 Å². The molecule has 0 unspecified atom stereocenters. The molecule has 0 spiro atoms. The first-order chi connectivity index (χ1) is 12.9. The standard InChI is InChI=1S/C17H10ClF2IN6/c18-14-9-10(6-7-22-14)23-16-12-4-2-8-27(12)26-15(25-16)11-3-1-5-13(24-11)17(19,20)21/h1-9H,(H,22,23,25,26). The third-order valence-corrected chi connectivity index (χ3v) is 4.41. The Morgan fingerprint density at radius 3 is 2.74 bits per heavy atom. The van der Waals surface area contributed by atoms with Gasteiger partial charge in [0.1, 0.15) is 22.1 Å². The number of nitrogens with zero attached hydrogens (tertiary/aromatic N) is 5. The average Bonchev–Trinajstić information content (AvgIpc) is 3.10. The van der Waals surface area contributed by atoms with Crippen LogP contribution in [0.25, 0.3) is 17.0 Å². The number of aromatic nitrogens is 5. The summed E-state index contributed by atoms with van der Waals surface area (Å²) in [6, 6.07) is 11.4. The van der Waals surface area contributed by atoms with Gasteiger partial charge < -0.3 is 5.32 Å².